The van der Waals surface area contributed by atoms with Crippen molar-refractivity contribution < 1.29 is 13.9 Å². The predicted octanol–water partition coefficient (Wildman–Crippen LogP) is 2.87. The Labute approximate surface area is 131 Å². The van der Waals surface area contributed by atoms with Crippen LogP contribution in [0, 0.1) is 5.82 Å². The predicted molar refractivity (Wildman–Crippen MR) is 80.0 cm³/mol. The van der Waals surface area contributed by atoms with Gasteiger partial charge >= 0.3 is 0 Å². The van der Waals surface area contributed by atoms with E-state index in [-0.39, 0.29) is 16.6 Å². The van der Waals surface area contributed by atoms with E-state index in [0.717, 1.165) is 18.4 Å². The van der Waals surface area contributed by atoms with E-state index in [4.69, 9.17) is 16.3 Å². The molecule has 114 valence electrons. The number of hydrogen-bond acceptors (Lipinski definition) is 4. The highest BCUT2D eigenvalue weighted by Crippen LogP contribution is 2.36. The molecule has 0 fully saturated rings. The summed E-state index contributed by atoms with van der Waals surface area (Å²) < 4.78 is 18.7. The topological polar surface area (TPSA) is 55.3 Å². The van der Waals surface area contributed by atoms with Crippen molar-refractivity contribution in [1.82, 2.24) is 9.97 Å². The second kappa shape index (κ2) is 5.88. The Balaban J connectivity index is 2.03. The van der Waals surface area contributed by atoms with Gasteiger partial charge in [0.05, 0.1) is 12.8 Å². The van der Waals surface area contributed by atoms with Crippen molar-refractivity contribution in [2.24, 2.45) is 0 Å². The van der Waals surface area contributed by atoms with Crippen LogP contribution in [0.2, 0.25) is 5.02 Å². The van der Waals surface area contributed by atoms with E-state index in [1.54, 1.807) is 6.07 Å². The van der Waals surface area contributed by atoms with Gasteiger partial charge in [-0.15, -0.1) is 0 Å². The average Bonchev–Trinajstić information content (AvgIpc) is 2.57. The molecular weight excluding hydrogens is 309 g/mol. The van der Waals surface area contributed by atoms with Crippen LogP contribution in [0.3, 0.4) is 0 Å². The third-order valence-corrected chi connectivity index (χ3v) is 3.93. The van der Waals surface area contributed by atoms with Gasteiger partial charge in [-0.25, -0.2) is 14.4 Å². The van der Waals surface area contributed by atoms with Crippen molar-refractivity contribution in [2.75, 3.05) is 18.6 Å². The smallest absolute Gasteiger partial charge is 0.277 e. The number of benzene rings is 1. The standard InChI is InChI=1S/C15H13ClFN3O2/c1-22-12-7-11(18-8-19-12)15(21)20-6-2-3-9-4-5-10(17)13(16)14(9)20/h4-5,7-8H,2-3,6H2,1H3. The minimum atomic E-state index is -0.541. The Morgan fingerprint density at radius 1 is 1.41 bits per heavy atom. The molecule has 1 amide bonds. The van der Waals surface area contributed by atoms with Gasteiger partial charge in [0.15, 0.2) is 0 Å². The van der Waals surface area contributed by atoms with E-state index in [2.05, 4.69) is 9.97 Å². The van der Waals surface area contributed by atoms with Crippen molar-refractivity contribution in [1.29, 1.82) is 0 Å². The minimum absolute atomic E-state index is 0.0356. The van der Waals surface area contributed by atoms with E-state index < -0.39 is 5.82 Å². The zero-order valence-electron chi connectivity index (χ0n) is 11.8. The summed E-state index contributed by atoms with van der Waals surface area (Å²) in [6, 6.07) is 4.43. The Morgan fingerprint density at radius 3 is 3.00 bits per heavy atom. The number of amides is 1. The Bertz CT molecular complexity index is 739. The Hall–Kier alpha value is -2.21. The molecule has 0 bridgehead atoms. The number of carbonyl (C=O) groups excluding carboxylic acids is 1. The van der Waals surface area contributed by atoms with Crippen LogP contribution in [0.4, 0.5) is 10.1 Å². The lowest BCUT2D eigenvalue weighted by molar-refractivity contribution is 0.0979. The van der Waals surface area contributed by atoms with Gasteiger partial charge in [-0.1, -0.05) is 17.7 Å². The van der Waals surface area contributed by atoms with Crippen LogP contribution in [0.25, 0.3) is 0 Å². The summed E-state index contributed by atoms with van der Waals surface area (Å²) in [7, 11) is 1.46. The summed E-state index contributed by atoms with van der Waals surface area (Å²) in [5, 5.41) is -0.0356. The zero-order valence-corrected chi connectivity index (χ0v) is 12.6. The number of aromatic nitrogens is 2. The molecule has 0 N–H and O–H groups in total. The fourth-order valence-electron chi connectivity index (χ4n) is 2.52. The van der Waals surface area contributed by atoms with Gasteiger partial charge in [-0.2, -0.15) is 0 Å². The highest BCUT2D eigenvalue weighted by atomic mass is 35.5. The van der Waals surface area contributed by atoms with Crippen molar-refractivity contribution in [3.05, 3.63) is 46.6 Å². The molecule has 7 heteroatoms. The normalized spacial score (nSPS) is 13.7. The summed E-state index contributed by atoms with van der Waals surface area (Å²) in [4.78, 5) is 22.0. The molecular formula is C15H13ClFN3O2. The van der Waals surface area contributed by atoms with Gasteiger partial charge in [0.2, 0.25) is 5.88 Å². The molecule has 0 unspecified atom stereocenters. The van der Waals surface area contributed by atoms with Gasteiger partial charge in [0.1, 0.15) is 22.9 Å². The summed E-state index contributed by atoms with van der Waals surface area (Å²) >= 11 is 6.07. The number of methoxy groups -OCH3 is 1. The number of hydrogen-bond donors (Lipinski definition) is 0. The fourth-order valence-corrected chi connectivity index (χ4v) is 2.81. The highest BCUT2D eigenvalue weighted by molar-refractivity contribution is 6.34. The summed E-state index contributed by atoms with van der Waals surface area (Å²) in [6.45, 7) is 0.460. The number of halogens is 2. The molecule has 2 aromatic rings. The molecule has 1 aliphatic rings. The molecule has 1 aliphatic heterocycles. The van der Waals surface area contributed by atoms with Crippen molar-refractivity contribution in [3.63, 3.8) is 0 Å². The van der Waals surface area contributed by atoms with Crippen LogP contribution in [-0.2, 0) is 6.42 Å². The molecule has 0 spiro atoms. The molecule has 22 heavy (non-hydrogen) atoms. The molecule has 1 aromatic carbocycles. The van der Waals surface area contributed by atoms with Gasteiger partial charge < -0.3 is 9.64 Å². The van der Waals surface area contributed by atoms with E-state index in [9.17, 15) is 9.18 Å². The van der Waals surface area contributed by atoms with E-state index in [0.29, 0.717) is 18.1 Å². The third-order valence-electron chi connectivity index (χ3n) is 3.57. The SMILES string of the molecule is COc1cc(C(=O)N2CCCc3ccc(F)c(Cl)c32)ncn1. The molecule has 0 aliphatic carbocycles. The van der Waals surface area contributed by atoms with Crippen LogP contribution in [0.5, 0.6) is 5.88 Å². The largest absolute Gasteiger partial charge is 0.481 e. The second-order valence-corrected chi connectivity index (χ2v) is 5.25. The maximum Gasteiger partial charge on any atom is 0.277 e. The van der Waals surface area contributed by atoms with Crippen LogP contribution in [0.1, 0.15) is 22.5 Å². The summed E-state index contributed by atoms with van der Waals surface area (Å²) in [6.07, 6.45) is 2.79. The van der Waals surface area contributed by atoms with E-state index >= 15 is 0 Å². The number of aryl methyl sites for hydroxylation is 1. The molecule has 0 atom stereocenters. The van der Waals surface area contributed by atoms with Crippen molar-refractivity contribution in [2.45, 2.75) is 12.8 Å². The number of anilines is 1. The second-order valence-electron chi connectivity index (χ2n) is 4.88. The number of ether oxygens (including phenoxy) is 1. The number of rotatable bonds is 2. The van der Waals surface area contributed by atoms with Gasteiger partial charge in [-0.3, -0.25) is 4.79 Å². The molecule has 0 radical (unpaired) electrons. The first-order chi connectivity index (χ1) is 10.6. The van der Waals surface area contributed by atoms with Crippen LogP contribution < -0.4 is 9.64 Å². The average molecular weight is 322 g/mol. The minimum Gasteiger partial charge on any atom is -0.481 e. The molecule has 0 saturated carbocycles. The first-order valence-corrected chi connectivity index (χ1v) is 7.14. The van der Waals surface area contributed by atoms with Gasteiger partial charge in [0, 0.05) is 12.6 Å². The summed E-state index contributed by atoms with van der Waals surface area (Å²) in [5.74, 6) is -0.601. The van der Waals surface area contributed by atoms with E-state index in [1.165, 1.54) is 30.5 Å². The third kappa shape index (κ3) is 2.50. The number of carbonyl (C=O) groups is 1. The lowest BCUT2D eigenvalue weighted by Gasteiger charge is -2.30. The maximum absolute atomic E-state index is 13.7. The van der Waals surface area contributed by atoms with Crippen LogP contribution in [0.15, 0.2) is 24.5 Å². The number of nitrogens with zero attached hydrogens (tertiary/aromatic N) is 3. The monoisotopic (exact) mass is 321 g/mol. The number of fused-ring (bicyclic) bond motifs is 1. The molecule has 0 saturated heterocycles. The van der Waals surface area contributed by atoms with Crippen LogP contribution >= 0.6 is 11.6 Å². The van der Waals surface area contributed by atoms with Gasteiger partial charge in [-0.05, 0) is 24.5 Å². The first-order valence-electron chi connectivity index (χ1n) is 6.76. The fraction of sp³-hybridized carbons (Fsp3) is 0.267. The lowest BCUT2D eigenvalue weighted by atomic mass is 10.0. The summed E-state index contributed by atoms with van der Waals surface area (Å²) in [5.41, 5.74) is 1.46. The maximum atomic E-state index is 13.7. The molecule has 1 aromatic heterocycles. The zero-order chi connectivity index (χ0) is 15.7. The van der Waals surface area contributed by atoms with Crippen molar-refractivity contribution >= 4 is 23.2 Å². The highest BCUT2D eigenvalue weighted by Gasteiger charge is 2.28. The van der Waals surface area contributed by atoms with Crippen molar-refractivity contribution in [3.8, 4) is 5.88 Å². The van der Waals surface area contributed by atoms with Gasteiger partial charge in [0.25, 0.3) is 5.91 Å². The van der Waals surface area contributed by atoms with Crippen LogP contribution in [-0.4, -0.2) is 29.5 Å². The Kier molecular flexibility index (Phi) is 3.94. The van der Waals surface area contributed by atoms with E-state index in [1.807, 2.05) is 0 Å². The molecule has 3 rings (SSSR count). The lowest BCUT2D eigenvalue weighted by Crippen LogP contribution is -2.36. The quantitative estimate of drug-likeness (QED) is 0.853. The first kappa shape index (κ1) is 14.7. The molecule has 2 heterocycles. The Morgan fingerprint density at radius 2 is 2.23 bits per heavy atom. The molecule has 5 nitrogen and oxygen atoms in total.